The van der Waals surface area contributed by atoms with Crippen LogP contribution in [0.25, 0.3) is 5.69 Å². The van der Waals surface area contributed by atoms with Gasteiger partial charge >= 0.3 is 0 Å². The highest BCUT2D eigenvalue weighted by molar-refractivity contribution is 6.00. The van der Waals surface area contributed by atoms with Crippen molar-refractivity contribution in [2.45, 2.75) is 46.0 Å². The van der Waals surface area contributed by atoms with Crippen LogP contribution in [0.3, 0.4) is 0 Å². The molecule has 2 aliphatic rings. The first-order chi connectivity index (χ1) is 12.8. The number of benzene rings is 1. The maximum absolute atomic E-state index is 12.9. The molecule has 6 heteroatoms. The Labute approximate surface area is 157 Å². The number of carbonyl (C=O) groups is 3. The molecule has 27 heavy (non-hydrogen) atoms. The van der Waals surface area contributed by atoms with E-state index in [0.717, 1.165) is 17.8 Å². The summed E-state index contributed by atoms with van der Waals surface area (Å²) >= 11 is 0. The maximum Gasteiger partial charge on any atom is 0.226 e. The van der Waals surface area contributed by atoms with Crippen LogP contribution in [-0.4, -0.2) is 27.4 Å². The van der Waals surface area contributed by atoms with Gasteiger partial charge in [0.15, 0.2) is 5.78 Å². The van der Waals surface area contributed by atoms with Gasteiger partial charge in [0, 0.05) is 19.3 Å². The highest BCUT2D eigenvalue weighted by atomic mass is 16.2. The molecule has 1 aliphatic heterocycles. The number of ketones is 1. The Bertz CT molecular complexity index is 912. The second-order valence-electron chi connectivity index (χ2n) is 8.41. The van der Waals surface area contributed by atoms with Crippen LogP contribution >= 0.6 is 0 Å². The number of fused-ring (bicyclic) bond motifs is 1. The van der Waals surface area contributed by atoms with Gasteiger partial charge in [-0.1, -0.05) is 32.0 Å². The summed E-state index contributed by atoms with van der Waals surface area (Å²) in [5, 5.41) is 7.11. The molecule has 2 amide bonds. The van der Waals surface area contributed by atoms with Gasteiger partial charge in [-0.15, -0.1) is 0 Å². The van der Waals surface area contributed by atoms with Gasteiger partial charge in [-0.2, -0.15) is 5.10 Å². The Morgan fingerprint density at radius 3 is 2.41 bits per heavy atom. The summed E-state index contributed by atoms with van der Waals surface area (Å²) in [7, 11) is 0. The SMILES string of the molecule is CC1(C)CC(=O)c2c(CC3CC(=O)NC(=O)C3)nn(-c3ccccc3)c2C1. The molecule has 1 fully saturated rings. The number of amides is 2. The van der Waals surface area contributed by atoms with Crippen molar-refractivity contribution < 1.29 is 14.4 Å². The summed E-state index contributed by atoms with van der Waals surface area (Å²) in [6, 6.07) is 9.79. The third-order valence-electron chi connectivity index (χ3n) is 5.33. The average Bonchev–Trinajstić information content (AvgIpc) is 2.91. The summed E-state index contributed by atoms with van der Waals surface area (Å²) in [5.74, 6) is -0.512. The molecule has 4 rings (SSSR count). The molecule has 1 aromatic heterocycles. The largest absolute Gasteiger partial charge is 0.296 e. The normalized spacial score (nSPS) is 19.7. The monoisotopic (exact) mass is 365 g/mol. The molecule has 0 atom stereocenters. The third kappa shape index (κ3) is 3.44. The Morgan fingerprint density at radius 2 is 1.74 bits per heavy atom. The molecule has 6 nitrogen and oxygen atoms in total. The zero-order valence-corrected chi connectivity index (χ0v) is 15.6. The first-order valence-electron chi connectivity index (χ1n) is 9.34. The van der Waals surface area contributed by atoms with Gasteiger partial charge in [-0.05, 0) is 36.3 Å². The zero-order valence-electron chi connectivity index (χ0n) is 15.6. The van der Waals surface area contributed by atoms with Crippen LogP contribution in [0.15, 0.2) is 30.3 Å². The van der Waals surface area contributed by atoms with E-state index in [0.29, 0.717) is 36.9 Å². The summed E-state index contributed by atoms with van der Waals surface area (Å²) in [5.41, 5.74) is 3.14. The van der Waals surface area contributed by atoms with Crippen LogP contribution in [-0.2, 0) is 22.4 Å². The molecular formula is C21H23N3O3. The van der Waals surface area contributed by atoms with Crippen molar-refractivity contribution in [3.05, 3.63) is 47.3 Å². The second kappa shape index (κ2) is 6.44. The Hall–Kier alpha value is -2.76. The molecule has 0 spiro atoms. The third-order valence-corrected chi connectivity index (χ3v) is 5.33. The van der Waals surface area contributed by atoms with E-state index in [1.807, 2.05) is 35.0 Å². The van der Waals surface area contributed by atoms with Crippen molar-refractivity contribution in [1.82, 2.24) is 15.1 Å². The fourth-order valence-electron chi connectivity index (χ4n) is 4.23. The number of imide groups is 1. The summed E-state index contributed by atoms with van der Waals surface area (Å²) in [4.78, 5) is 36.4. The lowest BCUT2D eigenvalue weighted by molar-refractivity contribution is -0.134. The number of rotatable bonds is 3. The van der Waals surface area contributed by atoms with Gasteiger partial charge < -0.3 is 0 Å². The van der Waals surface area contributed by atoms with Crippen LogP contribution in [0.2, 0.25) is 0 Å². The van der Waals surface area contributed by atoms with E-state index in [2.05, 4.69) is 19.2 Å². The summed E-state index contributed by atoms with van der Waals surface area (Å²) in [6.45, 7) is 4.19. The van der Waals surface area contributed by atoms with E-state index in [4.69, 9.17) is 5.10 Å². The minimum Gasteiger partial charge on any atom is -0.296 e. The molecule has 0 bridgehead atoms. The van der Waals surface area contributed by atoms with Crippen LogP contribution in [0.4, 0.5) is 0 Å². The van der Waals surface area contributed by atoms with Crippen LogP contribution in [0.5, 0.6) is 0 Å². The van der Waals surface area contributed by atoms with Gasteiger partial charge in [0.2, 0.25) is 11.8 Å². The molecule has 0 saturated carbocycles. The van der Waals surface area contributed by atoms with Crippen LogP contribution < -0.4 is 5.32 Å². The summed E-state index contributed by atoms with van der Waals surface area (Å²) < 4.78 is 1.87. The number of carbonyl (C=O) groups excluding carboxylic acids is 3. The van der Waals surface area contributed by atoms with E-state index < -0.39 is 0 Å². The number of nitrogens with one attached hydrogen (secondary N) is 1. The second-order valence-corrected chi connectivity index (χ2v) is 8.41. The number of piperidine rings is 1. The topological polar surface area (TPSA) is 81.1 Å². The van der Waals surface area contributed by atoms with E-state index in [9.17, 15) is 14.4 Å². The molecular weight excluding hydrogens is 342 g/mol. The van der Waals surface area contributed by atoms with E-state index >= 15 is 0 Å². The number of hydrogen-bond donors (Lipinski definition) is 1. The van der Waals surface area contributed by atoms with Crippen molar-refractivity contribution in [3.8, 4) is 5.69 Å². The molecule has 1 saturated heterocycles. The number of Topliss-reactive ketones (excluding diaryl/α,β-unsaturated/α-hetero) is 1. The zero-order chi connectivity index (χ0) is 19.2. The van der Waals surface area contributed by atoms with Gasteiger partial charge in [0.05, 0.1) is 22.6 Å². The predicted molar refractivity (Wildman–Crippen MR) is 99.6 cm³/mol. The predicted octanol–water partition coefficient (Wildman–Crippen LogP) is 2.62. The molecule has 1 aromatic carbocycles. The van der Waals surface area contributed by atoms with Crippen molar-refractivity contribution >= 4 is 17.6 Å². The Kier molecular flexibility index (Phi) is 4.21. The van der Waals surface area contributed by atoms with E-state index in [-0.39, 0.29) is 28.9 Å². The quantitative estimate of drug-likeness (QED) is 0.848. The lowest BCUT2D eigenvalue weighted by atomic mass is 9.75. The van der Waals surface area contributed by atoms with Crippen molar-refractivity contribution in [2.75, 3.05) is 0 Å². The van der Waals surface area contributed by atoms with Crippen molar-refractivity contribution in [1.29, 1.82) is 0 Å². The smallest absolute Gasteiger partial charge is 0.226 e. The van der Waals surface area contributed by atoms with Crippen LogP contribution in [0.1, 0.15) is 54.9 Å². The van der Waals surface area contributed by atoms with Gasteiger partial charge in [0.1, 0.15) is 0 Å². The minimum absolute atomic E-state index is 0.102. The van der Waals surface area contributed by atoms with Gasteiger partial charge in [0.25, 0.3) is 0 Å². The fourth-order valence-corrected chi connectivity index (χ4v) is 4.23. The van der Waals surface area contributed by atoms with E-state index in [1.54, 1.807) is 0 Å². The van der Waals surface area contributed by atoms with Gasteiger partial charge in [-0.3, -0.25) is 19.7 Å². The van der Waals surface area contributed by atoms with Crippen molar-refractivity contribution in [2.24, 2.45) is 11.3 Å². The molecule has 0 unspecified atom stereocenters. The summed E-state index contributed by atoms with van der Waals surface area (Å²) in [6.07, 6.45) is 2.29. The average molecular weight is 365 g/mol. The minimum atomic E-state index is -0.250. The Balaban J connectivity index is 1.76. The highest BCUT2D eigenvalue weighted by Gasteiger charge is 2.37. The van der Waals surface area contributed by atoms with E-state index in [1.165, 1.54) is 0 Å². The molecule has 1 N–H and O–H groups in total. The van der Waals surface area contributed by atoms with Crippen molar-refractivity contribution in [3.63, 3.8) is 0 Å². The number of hydrogen-bond acceptors (Lipinski definition) is 4. The molecule has 2 heterocycles. The number of para-hydroxylation sites is 1. The molecule has 0 radical (unpaired) electrons. The first-order valence-corrected chi connectivity index (χ1v) is 9.34. The fraction of sp³-hybridized carbons (Fsp3) is 0.429. The van der Waals surface area contributed by atoms with Gasteiger partial charge in [-0.25, -0.2) is 4.68 Å². The number of aromatic nitrogens is 2. The molecule has 140 valence electrons. The lowest BCUT2D eigenvalue weighted by Gasteiger charge is -2.29. The molecule has 2 aromatic rings. The molecule has 1 aliphatic carbocycles. The Morgan fingerprint density at radius 1 is 1.07 bits per heavy atom. The lowest BCUT2D eigenvalue weighted by Crippen LogP contribution is -2.39. The first kappa shape index (κ1) is 17.6. The standard InChI is InChI=1S/C21H23N3O3/c1-21(2)11-16-20(17(25)12-21)15(8-13-9-18(26)22-19(27)10-13)23-24(16)14-6-4-3-5-7-14/h3-7,13H,8-12H2,1-2H3,(H,22,26,27). The highest BCUT2D eigenvalue weighted by Crippen LogP contribution is 2.38. The van der Waals surface area contributed by atoms with Crippen LogP contribution in [0, 0.1) is 11.3 Å². The number of nitrogens with zero attached hydrogens (tertiary/aromatic N) is 2. The maximum atomic E-state index is 12.9.